The summed E-state index contributed by atoms with van der Waals surface area (Å²) in [6, 6.07) is 4.82. The number of nitrogens with one attached hydrogen (secondary N) is 1. The van der Waals surface area contributed by atoms with E-state index in [0.29, 0.717) is 20.9 Å². The van der Waals surface area contributed by atoms with Gasteiger partial charge in [-0.2, -0.15) is 0 Å². The highest BCUT2D eigenvalue weighted by molar-refractivity contribution is 8.18. The molecule has 0 aromatic heterocycles. The summed E-state index contributed by atoms with van der Waals surface area (Å²) in [5, 5.41) is 3.72. The van der Waals surface area contributed by atoms with Gasteiger partial charge in [0, 0.05) is 11.1 Å². The first-order valence-electron chi connectivity index (χ1n) is 5.32. The molecule has 20 heavy (non-hydrogen) atoms. The number of hydrogen-bond acceptors (Lipinski definition) is 5. The summed E-state index contributed by atoms with van der Waals surface area (Å²) in [6.07, 6.45) is 1.10. The zero-order chi connectivity index (χ0) is 14.7. The van der Waals surface area contributed by atoms with Gasteiger partial charge in [0.2, 0.25) is 0 Å². The molecule has 8 heteroatoms. The fourth-order valence-corrected chi connectivity index (χ4v) is 2.45. The first-order valence-corrected chi connectivity index (χ1v) is 6.89. The van der Waals surface area contributed by atoms with E-state index in [1.165, 1.54) is 7.11 Å². The zero-order valence-corrected chi connectivity index (χ0v) is 12.5. The van der Waals surface area contributed by atoms with Crippen LogP contribution in [0.3, 0.4) is 0 Å². The highest BCUT2D eigenvalue weighted by Gasteiger charge is 2.25. The second-order valence-electron chi connectivity index (χ2n) is 3.60. The van der Waals surface area contributed by atoms with E-state index in [4.69, 9.17) is 23.2 Å². The topological polar surface area (TPSA) is 67.8 Å². The maximum atomic E-state index is 11.6. The number of esters is 1. The number of carbonyl (C=O) groups excluding carboxylic acids is 2. The van der Waals surface area contributed by atoms with Gasteiger partial charge < -0.3 is 10.1 Å². The highest BCUT2D eigenvalue weighted by atomic mass is 35.5. The molecular formula is C12H8Cl2N2O3S. The van der Waals surface area contributed by atoms with E-state index in [0.717, 1.165) is 17.8 Å². The Hall–Kier alpha value is -1.50. The molecule has 1 aliphatic rings. The van der Waals surface area contributed by atoms with Crippen molar-refractivity contribution in [2.75, 3.05) is 7.11 Å². The van der Waals surface area contributed by atoms with E-state index in [1.807, 2.05) is 0 Å². The second-order valence-corrected chi connectivity index (χ2v) is 5.47. The zero-order valence-electron chi connectivity index (χ0n) is 10.1. The quantitative estimate of drug-likeness (QED) is 0.668. The van der Waals surface area contributed by atoms with Crippen molar-refractivity contribution >= 4 is 57.7 Å². The Labute approximate surface area is 129 Å². The van der Waals surface area contributed by atoms with Crippen LogP contribution in [0.5, 0.6) is 0 Å². The van der Waals surface area contributed by atoms with Crippen LogP contribution in [0.25, 0.3) is 0 Å². The lowest BCUT2D eigenvalue weighted by Crippen LogP contribution is -2.19. The molecule has 1 aromatic carbocycles. The summed E-state index contributed by atoms with van der Waals surface area (Å²) in [7, 11) is 1.23. The minimum absolute atomic E-state index is 0.203. The number of methoxy groups -OCH3 is 1. The van der Waals surface area contributed by atoms with Gasteiger partial charge >= 0.3 is 5.97 Å². The molecule has 0 radical (unpaired) electrons. The SMILES string of the molecule is COC(=O)/C=C1\SC(=Nc2cc(Cl)ccc2Cl)NC1=O. The molecule has 2 rings (SSSR count). The largest absolute Gasteiger partial charge is 0.466 e. The molecular weight excluding hydrogens is 323 g/mol. The average Bonchev–Trinajstić information content (AvgIpc) is 2.74. The minimum Gasteiger partial charge on any atom is -0.466 e. The highest BCUT2D eigenvalue weighted by Crippen LogP contribution is 2.31. The van der Waals surface area contributed by atoms with Crippen molar-refractivity contribution < 1.29 is 14.3 Å². The van der Waals surface area contributed by atoms with Gasteiger partial charge in [-0.1, -0.05) is 23.2 Å². The third-order valence-electron chi connectivity index (χ3n) is 2.23. The van der Waals surface area contributed by atoms with E-state index >= 15 is 0 Å². The van der Waals surface area contributed by atoms with E-state index in [1.54, 1.807) is 18.2 Å². The number of aliphatic imine (C=N–C) groups is 1. The van der Waals surface area contributed by atoms with Crippen molar-refractivity contribution in [1.29, 1.82) is 0 Å². The summed E-state index contributed by atoms with van der Waals surface area (Å²) in [5.41, 5.74) is 0.432. The molecule has 1 fully saturated rings. The number of amidine groups is 1. The Bertz CT molecular complexity index is 644. The number of halogens is 2. The maximum Gasteiger partial charge on any atom is 0.331 e. The summed E-state index contributed by atoms with van der Waals surface area (Å²) in [5.74, 6) is -1.03. The van der Waals surface area contributed by atoms with Crippen molar-refractivity contribution in [2.45, 2.75) is 0 Å². The fraction of sp³-hybridized carbons (Fsp3) is 0.0833. The van der Waals surface area contributed by atoms with Crippen molar-refractivity contribution in [3.05, 3.63) is 39.2 Å². The molecule has 0 saturated carbocycles. The number of hydrogen-bond donors (Lipinski definition) is 1. The molecule has 1 saturated heterocycles. The first kappa shape index (κ1) is 14.9. The molecule has 1 aromatic rings. The molecule has 1 heterocycles. The molecule has 1 aliphatic heterocycles. The summed E-state index contributed by atoms with van der Waals surface area (Å²) < 4.78 is 4.46. The fourth-order valence-electron chi connectivity index (χ4n) is 1.33. The Balaban J connectivity index is 2.26. The average molecular weight is 331 g/mol. The van der Waals surface area contributed by atoms with Crippen molar-refractivity contribution in [1.82, 2.24) is 5.32 Å². The Morgan fingerprint density at radius 2 is 2.20 bits per heavy atom. The predicted octanol–water partition coefficient (Wildman–Crippen LogP) is 2.90. The molecule has 0 aliphatic carbocycles. The van der Waals surface area contributed by atoms with Gasteiger partial charge in [-0.05, 0) is 30.0 Å². The van der Waals surface area contributed by atoms with E-state index in [9.17, 15) is 9.59 Å². The second kappa shape index (κ2) is 6.30. The van der Waals surface area contributed by atoms with Crippen LogP contribution in [0.2, 0.25) is 10.0 Å². The Morgan fingerprint density at radius 3 is 2.90 bits per heavy atom. The van der Waals surface area contributed by atoms with Gasteiger partial charge in [0.15, 0.2) is 5.17 Å². The normalized spacial score (nSPS) is 18.4. The summed E-state index contributed by atoms with van der Waals surface area (Å²) in [4.78, 5) is 27.1. The summed E-state index contributed by atoms with van der Waals surface area (Å²) in [6.45, 7) is 0. The van der Waals surface area contributed by atoms with Gasteiger partial charge in [-0.25, -0.2) is 9.79 Å². The van der Waals surface area contributed by atoms with Crippen molar-refractivity contribution in [3.63, 3.8) is 0 Å². The van der Waals surface area contributed by atoms with Crippen LogP contribution < -0.4 is 5.32 Å². The molecule has 0 bridgehead atoms. The van der Waals surface area contributed by atoms with Crippen molar-refractivity contribution in [3.8, 4) is 0 Å². The smallest absolute Gasteiger partial charge is 0.331 e. The van der Waals surface area contributed by atoms with Crippen LogP contribution in [0.4, 0.5) is 5.69 Å². The number of benzene rings is 1. The lowest BCUT2D eigenvalue weighted by atomic mass is 10.3. The van der Waals surface area contributed by atoms with Crippen LogP contribution in [-0.4, -0.2) is 24.2 Å². The minimum atomic E-state index is -0.607. The molecule has 0 unspecified atom stereocenters. The number of amides is 1. The molecule has 0 atom stereocenters. The standard InChI is InChI=1S/C12H8Cl2N2O3S/c1-19-10(17)5-9-11(18)16-12(20-9)15-8-4-6(13)2-3-7(8)14/h2-5H,1H3,(H,15,16,18)/b9-5-. The van der Waals surface area contributed by atoms with Crippen LogP contribution >= 0.6 is 35.0 Å². The van der Waals surface area contributed by atoms with Crippen LogP contribution in [0.15, 0.2) is 34.2 Å². The predicted molar refractivity (Wildman–Crippen MR) is 79.4 cm³/mol. The molecule has 1 amide bonds. The monoisotopic (exact) mass is 330 g/mol. The van der Waals surface area contributed by atoms with E-state index < -0.39 is 11.9 Å². The molecule has 0 spiro atoms. The van der Waals surface area contributed by atoms with Gasteiger partial charge in [-0.3, -0.25) is 4.79 Å². The third-order valence-corrected chi connectivity index (χ3v) is 3.70. The molecule has 5 nitrogen and oxygen atoms in total. The maximum absolute atomic E-state index is 11.6. The van der Waals surface area contributed by atoms with Gasteiger partial charge in [-0.15, -0.1) is 0 Å². The van der Waals surface area contributed by atoms with E-state index in [-0.39, 0.29) is 4.91 Å². The Kier molecular flexibility index (Phi) is 4.69. The van der Waals surface area contributed by atoms with Gasteiger partial charge in [0.1, 0.15) is 0 Å². The number of nitrogens with zero attached hydrogens (tertiary/aromatic N) is 1. The van der Waals surface area contributed by atoms with Crippen molar-refractivity contribution in [2.24, 2.45) is 4.99 Å². The number of carbonyl (C=O) groups is 2. The molecule has 104 valence electrons. The van der Waals surface area contributed by atoms with Crippen LogP contribution in [0, 0.1) is 0 Å². The van der Waals surface area contributed by atoms with Crippen LogP contribution in [0.1, 0.15) is 0 Å². The number of rotatable bonds is 2. The van der Waals surface area contributed by atoms with Gasteiger partial charge in [0.25, 0.3) is 5.91 Å². The first-order chi connectivity index (χ1) is 9.49. The van der Waals surface area contributed by atoms with Crippen LogP contribution in [-0.2, 0) is 14.3 Å². The Morgan fingerprint density at radius 1 is 1.45 bits per heavy atom. The van der Waals surface area contributed by atoms with Gasteiger partial charge in [0.05, 0.1) is 22.7 Å². The number of thioether (sulfide) groups is 1. The lowest BCUT2D eigenvalue weighted by molar-refractivity contribution is -0.135. The summed E-state index contributed by atoms with van der Waals surface area (Å²) >= 11 is 12.9. The van der Waals surface area contributed by atoms with E-state index in [2.05, 4.69) is 15.0 Å². The molecule has 1 N–H and O–H groups in total. The number of ether oxygens (including phenoxy) is 1. The lowest BCUT2D eigenvalue weighted by Gasteiger charge is -2.00. The third kappa shape index (κ3) is 3.53.